The molecule has 8 heteroatoms. The third-order valence-electron chi connectivity index (χ3n) is 5.58. The first-order valence-corrected chi connectivity index (χ1v) is 11.0. The topological polar surface area (TPSA) is 84.7 Å². The zero-order valence-electron chi connectivity index (χ0n) is 19.5. The van der Waals surface area contributed by atoms with E-state index in [1.54, 1.807) is 20.2 Å². The summed E-state index contributed by atoms with van der Waals surface area (Å²) in [7, 11) is 1.69. The molecule has 0 unspecified atom stereocenters. The number of aromatic nitrogens is 4. The number of aryl methyl sites for hydroxylation is 1. The van der Waals surface area contributed by atoms with E-state index in [0.717, 1.165) is 33.6 Å². The quantitative estimate of drug-likeness (QED) is 0.366. The van der Waals surface area contributed by atoms with Crippen LogP contribution < -0.4 is 15.0 Å². The number of hydrogen-bond donors (Lipinski definition) is 1. The average molecular weight is 463 g/mol. The number of rotatable bonds is 5. The van der Waals surface area contributed by atoms with Crippen molar-refractivity contribution >= 4 is 39.6 Å². The van der Waals surface area contributed by atoms with Gasteiger partial charge in [-0.25, -0.2) is 15.0 Å². The highest BCUT2D eigenvalue weighted by Crippen LogP contribution is 2.31. The molecule has 0 aliphatic carbocycles. The van der Waals surface area contributed by atoms with E-state index in [-0.39, 0.29) is 5.91 Å². The predicted molar refractivity (Wildman–Crippen MR) is 136 cm³/mol. The zero-order chi connectivity index (χ0) is 24.4. The number of pyridine rings is 1. The third-order valence-corrected chi connectivity index (χ3v) is 5.58. The van der Waals surface area contributed by atoms with Crippen LogP contribution in [0.15, 0.2) is 73.4 Å². The van der Waals surface area contributed by atoms with Crippen molar-refractivity contribution in [2.45, 2.75) is 13.8 Å². The zero-order valence-corrected chi connectivity index (χ0v) is 19.5. The third kappa shape index (κ3) is 4.48. The first-order chi connectivity index (χ1) is 17.0. The first-order valence-electron chi connectivity index (χ1n) is 11.0. The Bertz CT molecular complexity index is 1630. The maximum atomic E-state index is 12.2. The second-order valence-corrected chi connectivity index (χ2v) is 7.93. The molecule has 35 heavy (non-hydrogen) atoms. The summed E-state index contributed by atoms with van der Waals surface area (Å²) in [6.07, 6.45) is 7.06. The fourth-order valence-corrected chi connectivity index (χ4v) is 3.72. The largest absolute Gasteiger partial charge is 0.457 e. The standard InChI is InChI=1S/C27H22N6O2/c1-4-5-26(34)32(3)20-7-8-23-22(15-20)27(30-17-29-23)31-19-6-9-24(18(2)14-19)35-21-10-12-33-13-11-28-25(33)16-21/h6-17H,1-3H3,(H,29,30,31). The molecule has 0 fully saturated rings. The molecule has 1 N–H and O–H groups in total. The van der Waals surface area contributed by atoms with E-state index in [0.29, 0.717) is 17.3 Å². The monoisotopic (exact) mass is 462 g/mol. The molecule has 0 saturated heterocycles. The number of fused-ring (bicyclic) bond motifs is 2. The minimum Gasteiger partial charge on any atom is -0.457 e. The molecule has 3 aromatic heterocycles. The highest BCUT2D eigenvalue weighted by molar-refractivity contribution is 6.06. The molecule has 8 nitrogen and oxygen atoms in total. The summed E-state index contributed by atoms with van der Waals surface area (Å²) in [6.45, 7) is 3.62. The van der Waals surface area contributed by atoms with E-state index < -0.39 is 0 Å². The lowest BCUT2D eigenvalue weighted by Crippen LogP contribution is -2.24. The van der Waals surface area contributed by atoms with Crippen molar-refractivity contribution in [1.29, 1.82) is 0 Å². The van der Waals surface area contributed by atoms with E-state index in [1.807, 2.05) is 72.2 Å². The summed E-state index contributed by atoms with van der Waals surface area (Å²) in [4.78, 5) is 26.8. The molecular formula is C27H22N6O2. The minimum atomic E-state index is -0.281. The van der Waals surface area contributed by atoms with Crippen molar-refractivity contribution in [3.05, 3.63) is 79.0 Å². The molecule has 5 rings (SSSR count). The molecule has 3 heterocycles. The van der Waals surface area contributed by atoms with E-state index in [1.165, 1.54) is 11.2 Å². The van der Waals surface area contributed by atoms with Gasteiger partial charge in [-0.3, -0.25) is 4.79 Å². The minimum absolute atomic E-state index is 0.281. The number of nitrogens with one attached hydrogen (secondary N) is 1. The first kappa shape index (κ1) is 21.9. The van der Waals surface area contributed by atoms with E-state index in [4.69, 9.17) is 4.74 Å². The lowest BCUT2D eigenvalue weighted by molar-refractivity contribution is -0.113. The SMILES string of the molecule is CC#CC(=O)N(C)c1ccc2ncnc(Nc3ccc(Oc4ccn5ccnc5c4)c(C)c3)c2c1. The summed E-state index contributed by atoms with van der Waals surface area (Å²) in [5.74, 6) is 7.01. The van der Waals surface area contributed by atoms with Crippen molar-refractivity contribution in [1.82, 2.24) is 19.4 Å². The van der Waals surface area contributed by atoms with Crippen LogP contribution in [0.2, 0.25) is 0 Å². The maximum absolute atomic E-state index is 12.2. The fourth-order valence-electron chi connectivity index (χ4n) is 3.72. The van der Waals surface area contributed by atoms with Gasteiger partial charge in [-0.1, -0.05) is 5.92 Å². The molecule has 0 atom stereocenters. The molecule has 0 spiro atoms. The Balaban J connectivity index is 1.41. The summed E-state index contributed by atoms with van der Waals surface area (Å²) < 4.78 is 8.02. The molecule has 0 saturated carbocycles. The number of benzene rings is 2. The molecule has 0 radical (unpaired) electrons. The molecule has 172 valence electrons. The summed E-state index contributed by atoms with van der Waals surface area (Å²) >= 11 is 0. The van der Waals surface area contributed by atoms with Crippen molar-refractivity contribution in [2.24, 2.45) is 0 Å². The Morgan fingerprint density at radius 2 is 1.94 bits per heavy atom. The normalized spacial score (nSPS) is 10.6. The van der Waals surface area contributed by atoms with E-state index in [2.05, 4.69) is 32.1 Å². The van der Waals surface area contributed by atoms with Gasteiger partial charge in [0.2, 0.25) is 0 Å². The summed E-state index contributed by atoms with van der Waals surface area (Å²) in [6, 6.07) is 15.2. The van der Waals surface area contributed by atoms with Crippen LogP contribution in [0.4, 0.5) is 17.2 Å². The van der Waals surface area contributed by atoms with E-state index >= 15 is 0 Å². The van der Waals surface area contributed by atoms with Crippen molar-refractivity contribution < 1.29 is 9.53 Å². The molecule has 5 aromatic rings. The predicted octanol–water partition coefficient (Wildman–Crippen LogP) is 5.11. The number of hydrogen-bond acceptors (Lipinski definition) is 6. The Morgan fingerprint density at radius 1 is 1.06 bits per heavy atom. The van der Waals surface area contributed by atoms with Gasteiger partial charge in [-0.2, -0.15) is 0 Å². The van der Waals surface area contributed by atoms with Crippen LogP contribution in [-0.2, 0) is 4.79 Å². The van der Waals surface area contributed by atoms with Gasteiger partial charge >= 0.3 is 5.91 Å². The molecule has 1 amide bonds. The van der Waals surface area contributed by atoms with Gasteiger partial charge in [0.15, 0.2) is 0 Å². The highest BCUT2D eigenvalue weighted by atomic mass is 16.5. The number of imidazole rings is 1. The average Bonchev–Trinajstić information content (AvgIpc) is 3.33. The smallest absolute Gasteiger partial charge is 0.302 e. The number of ether oxygens (including phenoxy) is 1. The molecule has 2 aromatic carbocycles. The number of anilines is 3. The Kier molecular flexibility index (Phi) is 5.73. The number of amides is 1. The lowest BCUT2D eigenvalue weighted by Gasteiger charge is -2.16. The van der Waals surface area contributed by atoms with Gasteiger partial charge in [0.25, 0.3) is 0 Å². The van der Waals surface area contributed by atoms with Crippen LogP contribution in [0, 0.1) is 18.8 Å². The number of carbonyl (C=O) groups excluding carboxylic acids is 1. The highest BCUT2D eigenvalue weighted by Gasteiger charge is 2.12. The van der Waals surface area contributed by atoms with Gasteiger partial charge < -0.3 is 19.4 Å². The van der Waals surface area contributed by atoms with Crippen molar-refractivity contribution in [3.63, 3.8) is 0 Å². The van der Waals surface area contributed by atoms with Gasteiger partial charge in [-0.15, -0.1) is 0 Å². The second-order valence-electron chi connectivity index (χ2n) is 7.93. The maximum Gasteiger partial charge on any atom is 0.302 e. The van der Waals surface area contributed by atoms with Crippen LogP contribution in [0.25, 0.3) is 16.6 Å². The van der Waals surface area contributed by atoms with Gasteiger partial charge in [0.1, 0.15) is 29.3 Å². The number of carbonyl (C=O) groups is 1. The van der Waals surface area contributed by atoms with Gasteiger partial charge in [0.05, 0.1) is 5.52 Å². The van der Waals surface area contributed by atoms with Crippen LogP contribution in [0.3, 0.4) is 0 Å². The summed E-state index contributed by atoms with van der Waals surface area (Å²) in [5, 5.41) is 4.16. The van der Waals surface area contributed by atoms with Crippen LogP contribution >= 0.6 is 0 Å². The fraction of sp³-hybridized carbons (Fsp3) is 0.111. The van der Waals surface area contributed by atoms with Gasteiger partial charge in [0, 0.05) is 48.5 Å². The molecule has 0 aliphatic heterocycles. The molecular weight excluding hydrogens is 440 g/mol. The Morgan fingerprint density at radius 3 is 2.77 bits per heavy atom. The van der Waals surface area contributed by atoms with Crippen molar-refractivity contribution in [2.75, 3.05) is 17.3 Å². The lowest BCUT2D eigenvalue weighted by atomic mass is 10.1. The Hall–Kier alpha value is -4.90. The molecule has 0 bridgehead atoms. The van der Waals surface area contributed by atoms with Crippen LogP contribution in [0.1, 0.15) is 12.5 Å². The summed E-state index contributed by atoms with van der Waals surface area (Å²) in [5.41, 5.74) is 4.10. The molecule has 0 aliphatic rings. The van der Waals surface area contributed by atoms with Gasteiger partial charge in [-0.05, 0) is 67.8 Å². The van der Waals surface area contributed by atoms with Crippen LogP contribution in [-0.4, -0.2) is 32.3 Å². The van der Waals surface area contributed by atoms with E-state index in [9.17, 15) is 4.79 Å². The Labute approximate surface area is 202 Å². The second kappa shape index (κ2) is 9.15. The number of nitrogens with zero attached hydrogens (tertiary/aromatic N) is 5. The van der Waals surface area contributed by atoms with Crippen LogP contribution in [0.5, 0.6) is 11.5 Å². The van der Waals surface area contributed by atoms with Crippen molar-refractivity contribution in [3.8, 4) is 23.3 Å².